The van der Waals surface area contributed by atoms with Crippen LogP contribution < -0.4 is 5.32 Å². The molecule has 9 heteroatoms. The topological polar surface area (TPSA) is 149 Å². The first kappa shape index (κ1) is 52.2. The largest absolute Gasteiger partial charge is 0.394 e. The Morgan fingerprint density at radius 1 is 0.589 bits per heavy atom. The second kappa shape index (κ2) is 37.4. The number of nitrogens with one attached hydrogen (secondary N) is 1. The first-order chi connectivity index (χ1) is 27.3. The summed E-state index contributed by atoms with van der Waals surface area (Å²) in [5.41, 5.74) is 0. The SMILES string of the molecule is CCCCCC/C=C\CCCC(=O)NC(COC1OC(CO)C(O)C(O)C1O)C(O)/C=C/CC/C=C/CC/C=C/CCCCCCCCCCCCCCCC. The van der Waals surface area contributed by atoms with Crippen LogP contribution in [-0.4, -0.2) is 87.5 Å². The molecule has 7 unspecified atom stereocenters. The van der Waals surface area contributed by atoms with Crippen molar-refractivity contribution in [3.05, 3.63) is 48.6 Å². The first-order valence-corrected chi connectivity index (χ1v) is 22.9. The number of hydrogen-bond acceptors (Lipinski definition) is 8. The van der Waals surface area contributed by atoms with Gasteiger partial charge in [-0.1, -0.05) is 165 Å². The van der Waals surface area contributed by atoms with Crippen LogP contribution >= 0.6 is 0 Å². The number of unbranched alkanes of at least 4 members (excludes halogenated alkanes) is 21. The molecule has 0 aliphatic carbocycles. The molecule has 326 valence electrons. The van der Waals surface area contributed by atoms with Crippen molar-refractivity contribution in [2.75, 3.05) is 13.2 Å². The average molecular weight is 792 g/mol. The van der Waals surface area contributed by atoms with Gasteiger partial charge in [-0.05, 0) is 64.2 Å². The van der Waals surface area contributed by atoms with Crippen LogP contribution in [0.3, 0.4) is 0 Å². The minimum Gasteiger partial charge on any atom is -0.394 e. The minimum absolute atomic E-state index is 0.218. The number of aliphatic hydroxyl groups excluding tert-OH is 5. The quantitative estimate of drug-likeness (QED) is 0.0269. The van der Waals surface area contributed by atoms with Crippen LogP contribution in [0.25, 0.3) is 0 Å². The van der Waals surface area contributed by atoms with Crippen molar-refractivity contribution in [2.24, 2.45) is 0 Å². The van der Waals surface area contributed by atoms with E-state index in [0.717, 1.165) is 38.5 Å². The number of carbonyl (C=O) groups is 1. The fourth-order valence-corrected chi connectivity index (χ4v) is 6.90. The van der Waals surface area contributed by atoms with Gasteiger partial charge in [-0.3, -0.25) is 4.79 Å². The second-order valence-electron chi connectivity index (χ2n) is 15.8. The van der Waals surface area contributed by atoms with Gasteiger partial charge in [-0.2, -0.15) is 0 Å². The zero-order valence-corrected chi connectivity index (χ0v) is 35.6. The molecule has 0 bridgehead atoms. The molecular formula is C47H85NO8. The smallest absolute Gasteiger partial charge is 0.220 e. The van der Waals surface area contributed by atoms with E-state index in [-0.39, 0.29) is 18.9 Å². The highest BCUT2D eigenvalue weighted by Crippen LogP contribution is 2.22. The van der Waals surface area contributed by atoms with Crippen molar-refractivity contribution in [3.8, 4) is 0 Å². The summed E-state index contributed by atoms with van der Waals surface area (Å²) in [5, 5.41) is 54.0. The van der Waals surface area contributed by atoms with Gasteiger partial charge in [0.25, 0.3) is 0 Å². The molecule has 1 amide bonds. The van der Waals surface area contributed by atoms with Gasteiger partial charge in [-0.15, -0.1) is 0 Å². The molecule has 0 aromatic rings. The lowest BCUT2D eigenvalue weighted by molar-refractivity contribution is -0.302. The maximum Gasteiger partial charge on any atom is 0.220 e. The van der Waals surface area contributed by atoms with Crippen molar-refractivity contribution in [1.29, 1.82) is 0 Å². The van der Waals surface area contributed by atoms with Gasteiger partial charge in [0.05, 0.1) is 25.4 Å². The Hall–Kier alpha value is -1.85. The summed E-state index contributed by atoms with van der Waals surface area (Å²) in [7, 11) is 0. The molecule has 6 N–H and O–H groups in total. The van der Waals surface area contributed by atoms with E-state index in [4.69, 9.17) is 9.47 Å². The third-order valence-corrected chi connectivity index (χ3v) is 10.6. The van der Waals surface area contributed by atoms with Gasteiger partial charge in [0.2, 0.25) is 5.91 Å². The molecular weight excluding hydrogens is 707 g/mol. The summed E-state index contributed by atoms with van der Waals surface area (Å²) >= 11 is 0. The fraction of sp³-hybridized carbons (Fsp3) is 0.809. The maximum absolute atomic E-state index is 12.8. The lowest BCUT2D eigenvalue weighted by atomic mass is 9.99. The maximum atomic E-state index is 12.8. The summed E-state index contributed by atoms with van der Waals surface area (Å²) in [4.78, 5) is 12.8. The number of carbonyl (C=O) groups excluding carboxylic acids is 1. The number of hydrogen-bond donors (Lipinski definition) is 6. The van der Waals surface area contributed by atoms with Crippen molar-refractivity contribution < 1.29 is 39.8 Å². The average Bonchev–Trinajstić information content (AvgIpc) is 3.20. The van der Waals surface area contributed by atoms with Gasteiger partial charge in [-0.25, -0.2) is 0 Å². The number of aliphatic hydroxyl groups is 5. The van der Waals surface area contributed by atoms with Crippen LogP contribution in [0.2, 0.25) is 0 Å². The summed E-state index contributed by atoms with van der Waals surface area (Å²) in [6.45, 7) is 3.68. The molecule has 9 nitrogen and oxygen atoms in total. The summed E-state index contributed by atoms with van der Waals surface area (Å²) in [6, 6.07) is -0.841. The molecule has 0 saturated carbocycles. The van der Waals surface area contributed by atoms with E-state index in [2.05, 4.69) is 55.6 Å². The van der Waals surface area contributed by atoms with Gasteiger partial charge >= 0.3 is 0 Å². The minimum atomic E-state index is -1.58. The molecule has 0 spiro atoms. The predicted octanol–water partition coefficient (Wildman–Crippen LogP) is 9.45. The van der Waals surface area contributed by atoms with Crippen molar-refractivity contribution >= 4 is 5.91 Å². The molecule has 1 fully saturated rings. The van der Waals surface area contributed by atoms with Crippen LogP contribution in [0.4, 0.5) is 0 Å². The predicted molar refractivity (Wildman–Crippen MR) is 230 cm³/mol. The Bertz CT molecular complexity index is 1010. The molecule has 56 heavy (non-hydrogen) atoms. The van der Waals surface area contributed by atoms with Crippen LogP contribution in [0.15, 0.2) is 48.6 Å². The van der Waals surface area contributed by atoms with E-state index < -0.39 is 49.5 Å². The van der Waals surface area contributed by atoms with Gasteiger partial charge in [0.1, 0.15) is 24.4 Å². The fourth-order valence-electron chi connectivity index (χ4n) is 6.90. The molecule has 1 aliphatic rings. The van der Waals surface area contributed by atoms with E-state index in [1.807, 2.05) is 6.08 Å². The van der Waals surface area contributed by atoms with Crippen molar-refractivity contribution in [1.82, 2.24) is 5.32 Å². The Morgan fingerprint density at radius 3 is 1.52 bits per heavy atom. The standard InChI is InChI=1S/C47H85NO8/c1-3-5-7-9-11-13-14-15-16-17-18-19-20-21-22-23-24-25-26-27-29-30-32-34-36-41(50)40(39-55-47-46(54)45(53)44(52)42(38-49)56-47)48-43(51)37-35-33-31-28-12-10-8-6-4-2/h23-24,27-29,31,34,36,40-42,44-47,49-50,52-54H,3-22,25-26,30,32-33,35,37-39H2,1-2H3,(H,48,51)/b24-23+,29-27+,31-28-,36-34+. The van der Waals surface area contributed by atoms with Crippen molar-refractivity contribution in [2.45, 2.75) is 230 Å². The molecule has 1 aliphatic heterocycles. The van der Waals surface area contributed by atoms with E-state index in [0.29, 0.717) is 6.42 Å². The number of allylic oxidation sites excluding steroid dienone is 7. The summed E-state index contributed by atoms with van der Waals surface area (Å²) < 4.78 is 11.1. The van der Waals surface area contributed by atoms with Crippen LogP contribution in [0.1, 0.15) is 187 Å². The molecule has 1 rings (SSSR count). The van der Waals surface area contributed by atoms with Crippen LogP contribution in [0.5, 0.6) is 0 Å². The van der Waals surface area contributed by atoms with E-state index >= 15 is 0 Å². The molecule has 0 radical (unpaired) electrons. The molecule has 7 atom stereocenters. The van der Waals surface area contributed by atoms with E-state index in [9.17, 15) is 30.3 Å². The normalized spacial score (nSPS) is 21.6. The first-order valence-electron chi connectivity index (χ1n) is 22.9. The molecule has 1 saturated heterocycles. The highest BCUT2D eigenvalue weighted by Gasteiger charge is 2.44. The Labute approximate surface area is 342 Å². The summed E-state index contributed by atoms with van der Waals surface area (Å²) in [6.07, 6.45) is 40.5. The lowest BCUT2D eigenvalue weighted by Gasteiger charge is -2.40. The van der Waals surface area contributed by atoms with Gasteiger partial charge in [0.15, 0.2) is 6.29 Å². The Morgan fingerprint density at radius 2 is 1.02 bits per heavy atom. The zero-order valence-electron chi connectivity index (χ0n) is 35.6. The Balaban J connectivity index is 2.33. The third-order valence-electron chi connectivity index (χ3n) is 10.6. The van der Waals surface area contributed by atoms with E-state index in [1.165, 1.54) is 122 Å². The third kappa shape index (κ3) is 27.7. The molecule has 0 aromatic carbocycles. The number of amides is 1. The Kier molecular flexibility index (Phi) is 34.9. The van der Waals surface area contributed by atoms with Crippen LogP contribution in [-0.2, 0) is 14.3 Å². The highest BCUT2D eigenvalue weighted by molar-refractivity contribution is 5.76. The summed E-state index contributed by atoms with van der Waals surface area (Å²) in [5.74, 6) is -0.229. The monoisotopic (exact) mass is 792 g/mol. The van der Waals surface area contributed by atoms with Crippen molar-refractivity contribution in [3.63, 3.8) is 0 Å². The molecule has 0 aromatic heterocycles. The number of rotatable bonds is 37. The van der Waals surface area contributed by atoms with E-state index in [1.54, 1.807) is 6.08 Å². The highest BCUT2D eigenvalue weighted by atomic mass is 16.7. The number of ether oxygens (including phenoxy) is 2. The lowest BCUT2D eigenvalue weighted by Crippen LogP contribution is -2.60. The van der Waals surface area contributed by atoms with Gasteiger partial charge in [0, 0.05) is 6.42 Å². The zero-order chi connectivity index (χ0) is 40.9. The molecule has 1 heterocycles. The van der Waals surface area contributed by atoms with Crippen LogP contribution in [0, 0.1) is 0 Å². The van der Waals surface area contributed by atoms with Gasteiger partial charge < -0.3 is 40.3 Å². The second-order valence-corrected chi connectivity index (χ2v) is 15.8.